The highest BCUT2D eigenvalue weighted by Gasteiger charge is 2.42. The number of carbonyl (C=O) groups is 2. The summed E-state index contributed by atoms with van der Waals surface area (Å²) < 4.78 is 19.7. The molecule has 0 radical (unpaired) electrons. The van der Waals surface area contributed by atoms with E-state index in [0.29, 0.717) is 24.2 Å². The highest BCUT2D eigenvalue weighted by atomic mass is 28.4. The highest BCUT2D eigenvalue weighted by molar-refractivity contribution is 6.70. The maximum Gasteiger partial charge on any atom is 0.308 e. The molecule has 8 atom stereocenters. The zero-order valence-corrected chi connectivity index (χ0v) is 30.8. The molecule has 0 aromatic heterocycles. The molecule has 0 fully saturated rings. The van der Waals surface area contributed by atoms with Gasteiger partial charge in [-0.1, -0.05) is 59.3 Å². The average molecular weight is 622 g/mol. The van der Waals surface area contributed by atoms with E-state index >= 15 is 0 Å². The van der Waals surface area contributed by atoms with E-state index in [0.717, 1.165) is 51.5 Å². The molecular formula is C34H63NO5Si2. The van der Waals surface area contributed by atoms with Crippen molar-refractivity contribution in [3.63, 3.8) is 0 Å². The summed E-state index contributed by atoms with van der Waals surface area (Å²) in [6, 6.07) is 0. The van der Waals surface area contributed by atoms with Gasteiger partial charge in [0, 0.05) is 18.6 Å². The zero-order valence-electron chi connectivity index (χ0n) is 28.8. The summed E-state index contributed by atoms with van der Waals surface area (Å²) in [6.07, 6.45) is 13.5. The van der Waals surface area contributed by atoms with Gasteiger partial charge < -0.3 is 18.9 Å². The molecule has 0 aliphatic heterocycles. The Morgan fingerprint density at radius 1 is 1.02 bits per heavy atom. The molecule has 42 heavy (non-hydrogen) atoms. The van der Waals surface area contributed by atoms with Crippen molar-refractivity contribution in [3.8, 4) is 0 Å². The minimum atomic E-state index is -1.87. The molecule has 1 amide bonds. The Labute approximate surface area is 260 Å². The van der Waals surface area contributed by atoms with Gasteiger partial charge in [-0.2, -0.15) is 0 Å². The van der Waals surface area contributed by atoms with E-state index in [4.69, 9.17) is 13.6 Å². The Morgan fingerprint density at radius 3 is 2.26 bits per heavy atom. The SMILES string of the molecule is CCCCNC(=O)C[C@@H](C[C@@H](CC[C@@H]1[C@@H]2C(=C[C@H](C)C[C@@H]2OC(=O)[C@@H](C)CC)C=C[C@@H]1C)O[Si](C)(C)C)O[Si](C)(C)C. The van der Waals surface area contributed by atoms with Gasteiger partial charge in [0.2, 0.25) is 5.91 Å². The van der Waals surface area contributed by atoms with Gasteiger partial charge in [-0.05, 0) is 101 Å². The van der Waals surface area contributed by atoms with Gasteiger partial charge in [-0.3, -0.25) is 9.59 Å². The third-order valence-electron chi connectivity index (χ3n) is 8.53. The van der Waals surface area contributed by atoms with E-state index < -0.39 is 16.6 Å². The Kier molecular flexibility index (Phi) is 14.7. The van der Waals surface area contributed by atoms with Gasteiger partial charge in [0.05, 0.1) is 18.4 Å². The monoisotopic (exact) mass is 621 g/mol. The average Bonchev–Trinajstić information content (AvgIpc) is 2.85. The minimum Gasteiger partial charge on any atom is -0.461 e. The first-order valence-corrected chi connectivity index (χ1v) is 23.6. The molecule has 6 nitrogen and oxygen atoms in total. The van der Waals surface area contributed by atoms with Crippen LogP contribution in [-0.4, -0.2) is 53.4 Å². The lowest BCUT2D eigenvalue weighted by Gasteiger charge is -2.43. The topological polar surface area (TPSA) is 73.9 Å². The molecule has 0 unspecified atom stereocenters. The fourth-order valence-corrected chi connectivity index (χ4v) is 8.80. The molecule has 1 N–H and O–H groups in total. The summed E-state index contributed by atoms with van der Waals surface area (Å²) in [4.78, 5) is 25.8. The van der Waals surface area contributed by atoms with Crippen molar-refractivity contribution < 1.29 is 23.2 Å². The van der Waals surface area contributed by atoms with Crippen molar-refractivity contribution in [2.24, 2.45) is 29.6 Å². The summed E-state index contributed by atoms with van der Waals surface area (Å²) >= 11 is 0. The van der Waals surface area contributed by atoms with Crippen molar-refractivity contribution in [2.75, 3.05) is 6.54 Å². The van der Waals surface area contributed by atoms with Crippen molar-refractivity contribution in [3.05, 3.63) is 23.8 Å². The Balaban J connectivity index is 2.25. The number of allylic oxidation sites excluding steroid dienone is 3. The lowest BCUT2D eigenvalue weighted by Crippen LogP contribution is -2.43. The van der Waals surface area contributed by atoms with Crippen molar-refractivity contribution >= 4 is 28.5 Å². The maximum absolute atomic E-state index is 12.9. The van der Waals surface area contributed by atoms with Gasteiger partial charge in [-0.15, -0.1) is 0 Å². The molecule has 0 spiro atoms. The second-order valence-electron chi connectivity index (χ2n) is 15.0. The number of hydrogen-bond donors (Lipinski definition) is 1. The number of esters is 1. The molecule has 0 saturated heterocycles. The Hall–Kier alpha value is -1.23. The van der Waals surface area contributed by atoms with Crippen LogP contribution >= 0.6 is 0 Å². The van der Waals surface area contributed by atoms with Crippen LogP contribution in [0.1, 0.15) is 86.0 Å². The van der Waals surface area contributed by atoms with Crippen LogP contribution in [0.4, 0.5) is 0 Å². The first-order valence-electron chi connectivity index (χ1n) is 16.8. The molecule has 0 heterocycles. The van der Waals surface area contributed by atoms with Crippen LogP contribution in [-0.2, 0) is 23.2 Å². The van der Waals surface area contributed by atoms with E-state index in [-0.39, 0.29) is 42.0 Å². The zero-order chi connectivity index (χ0) is 31.7. The van der Waals surface area contributed by atoms with Gasteiger partial charge in [0.15, 0.2) is 16.6 Å². The van der Waals surface area contributed by atoms with Crippen molar-refractivity contribution in [1.29, 1.82) is 0 Å². The molecule has 8 heteroatoms. The number of amides is 1. The largest absolute Gasteiger partial charge is 0.461 e. The van der Waals surface area contributed by atoms with Crippen LogP contribution in [0.5, 0.6) is 0 Å². The standard InChI is InChI=1S/C34H63NO5Si2/c1-12-14-19-35-32(36)23-29(40-42(9,10)11)22-28(39-41(6,7)8)17-18-30-26(5)15-16-27-20-24(3)21-31(33(27)30)38-34(37)25(4)13-2/h15-16,20,24-26,28-31,33H,12-14,17-19,21-23H2,1-11H3,(H,35,36)/t24-,25-,26-,28+,29+,30-,31-,33-/m0/s1. The van der Waals surface area contributed by atoms with E-state index in [2.05, 4.69) is 83.6 Å². The fraction of sp³-hybridized carbons (Fsp3) is 0.824. The summed E-state index contributed by atoms with van der Waals surface area (Å²) in [6.45, 7) is 24.7. The first-order chi connectivity index (χ1) is 19.5. The minimum absolute atomic E-state index is 0.0237. The van der Waals surface area contributed by atoms with Crippen LogP contribution in [0.2, 0.25) is 39.3 Å². The molecule has 0 bridgehead atoms. The molecule has 2 aliphatic rings. The second kappa shape index (κ2) is 16.7. The second-order valence-corrected chi connectivity index (χ2v) is 23.9. The predicted molar refractivity (Wildman–Crippen MR) is 179 cm³/mol. The fourth-order valence-electron chi connectivity index (χ4n) is 6.41. The van der Waals surface area contributed by atoms with E-state index in [1.54, 1.807) is 0 Å². The summed E-state index contributed by atoms with van der Waals surface area (Å²) in [5.74, 6) is 1.26. The van der Waals surface area contributed by atoms with Crippen LogP contribution in [0.3, 0.4) is 0 Å². The van der Waals surface area contributed by atoms with Gasteiger partial charge >= 0.3 is 5.97 Å². The van der Waals surface area contributed by atoms with Crippen LogP contribution < -0.4 is 5.32 Å². The summed E-state index contributed by atoms with van der Waals surface area (Å²) in [5, 5.41) is 3.09. The maximum atomic E-state index is 12.9. The molecule has 0 aromatic rings. The molecule has 0 saturated carbocycles. The van der Waals surface area contributed by atoms with Crippen molar-refractivity contribution in [2.45, 2.75) is 144 Å². The number of hydrogen-bond acceptors (Lipinski definition) is 5. The number of carbonyl (C=O) groups excluding carboxylic acids is 2. The Bertz CT molecular complexity index is 922. The summed E-state index contributed by atoms with van der Waals surface area (Å²) in [7, 11) is -3.72. The lowest BCUT2D eigenvalue weighted by molar-refractivity contribution is -0.158. The number of unbranched alkanes of at least 4 members (excludes halogenated alkanes) is 1. The molecule has 2 rings (SSSR count). The van der Waals surface area contributed by atoms with Crippen LogP contribution in [0.15, 0.2) is 23.8 Å². The normalized spacial score (nSPS) is 26.5. The molecular weight excluding hydrogens is 559 g/mol. The number of nitrogens with one attached hydrogen (secondary N) is 1. The van der Waals surface area contributed by atoms with E-state index in [1.807, 2.05) is 13.8 Å². The van der Waals surface area contributed by atoms with E-state index in [1.165, 1.54) is 5.57 Å². The van der Waals surface area contributed by atoms with Crippen LogP contribution in [0.25, 0.3) is 0 Å². The van der Waals surface area contributed by atoms with Gasteiger partial charge in [0.1, 0.15) is 6.10 Å². The third-order valence-corrected chi connectivity index (χ3v) is 10.6. The predicted octanol–water partition coefficient (Wildman–Crippen LogP) is 8.27. The van der Waals surface area contributed by atoms with Gasteiger partial charge in [-0.25, -0.2) is 0 Å². The number of ether oxygens (including phenoxy) is 1. The first kappa shape index (κ1) is 37.0. The Morgan fingerprint density at radius 2 is 1.67 bits per heavy atom. The quantitative estimate of drug-likeness (QED) is 0.101. The number of fused-ring (bicyclic) bond motifs is 1. The molecule has 2 aliphatic carbocycles. The number of rotatable bonds is 17. The lowest BCUT2D eigenvalue weighted by atomic mass is 9.65. The van der Waals surface area contributed by atoms with Gasteiger partial charge in [0.25, 0.3) is 0 Å². The highest BCUT2D eigenvalue weighted by Crippen LogP contribution is 2.45. The smallest absolute Gasteiger partial charge is 0.308 e. The van der Waals surface area contributed by atoms with Crippen LogP contribution in [0, 0.1) is 29.6 Å². The van der Waals surface area contributed by atoms with Crippen molar-refractivity contribution in [1.82, 2.24) is 5.32 Å². The van der Waals surface area contributed by atoms with E-state index in [9.17, 15) is 9.59 Å². The molecule has 0 aromatic carbocycles. The summed E-state index contributed by atoms with van der Waals surface area (Å²) in [5.41, 5.74) is 1.32. The third kappa shape index (κ3) is 12.8. The molecule has 242 valence electrons.